The van der Waals surface area contributed by atoms with Gasteiger partial charge in [-0.25, -0.2) is 4.79 Å². The Morgan fingerprint density at radius 1 is 1.10 bits per heavy atom. The molecule has 0 radical (unpaired) electrons. The smallest absolute Gasteiger partial charge is 0.351 e. The van der Waals surface area contributed by atoms with Gasteiger partial charge >= 0.3 is 5.97 Å². The molecule has 7 heteroatoms. The first-order valence-electron chi connectivity index (χ1n) is 9.53. The first-order chi connectivity index (χ1) is 14.6. The van der Waals surface area contributed by atoms with Gasteiger partial charge in [-0.05, 0) is 17.7 Å². The lowest BCUT2D eigenvalue weighted by Gasteiger charge is -2.38. The predicted molar refractivity (Wildman–Crippen MR) is 108 cm³/mol. The fourth-order valence-electron chi connectivity index (χ4n) is 3.07. The van der Waals surface area contributed by atoms with Crippen LogP contribution >= 0.6 is 0 Å². The van der Waals surface area contributed by atoms with Crippen molar-refractivity contribution in [1.29, 1.82) is 0 Å². The number of hydrogen-bond donors (Lipinski definition) is 0. The first kappa shape index (κ1) is 21.4. The molecule has 1 atom stereocenters. The Labute approximate surface area is 174 Å². The Morgan fingerprint density at radius 3 is 2.43 bits per heavy atom. The number of morpholine rings is 1. The molecule has 0 saturated carbocycles. The Hall–Kier alpha value is -3.29. The number of hydrogen-bond acceptors (Lipinski definition) is 6. The molecular weight excluding hydrogens is 386 g/mol. The van der Waals surface area contributed by atoms with Gasteiger partial charge in [0.1, 0.15) is 6.61 Å². The van der Waals surface area contributed by atoms with E-state index in [1.807, 2.05) is 30.3 Å². The van der Waals surface area contributed by atoms with Crippen molar-refractivity contribution >= 4 is 17.8 Å². The number of carbonyl (C=O) groups excluding carboxylic acids is 3. The van der Waals surface area contributed by atoms with Crippen molar-refractivity contribution in [3.8, 4) is 0 Å². The summed E-state index contributed by atoms with van der Waals surface area (Å²) < 4.78 is 16.4. The molecule has 7 nitrogen and oxygen atoms in total. The third-order valence-electron chi connectivity index (χ3n) is 4.60. The van der Waals surface area contributed by atoms with Crippen LogP contribution in [0.4, 0.5) is 0 Å². The zero-order valence-electron chi connectivity index (χ0n) is 16.5. The van der Waals surface area contributed by atoms with E-state index in [-0.39, 0.29) is 33.0 Å². The molecule has 1 aliphatic heterocycles. The largest absolute Gasteiger partial charge is 0.459 e. The summed E-state index contributed by atoms with van der Waals surface area (Å²) in [6.45, 7) is 3.22. The van der Waals surface area contributed by atoms with Gasteiger partial charge in [0.2, 0.25) is 0 Å². The second-order valence-corrected chi connectivity index (χ2v) is 6.67. The molecule has 3 rings (SSSR count). The topological polar surface area (TPSA) is 82.1 Å². The van der Waals surface area contributed by atoms with Gasteiger partial charge in [-0.15, -0.1) is 0 Å². The van der Waals surface area contributed by atoms with Gasteiger partial charge < -0.3 is 14.2 Å². The van der Waals surface area contributed by atoms with Crippen molar-refractivity contribution in [1.82, 2.24) is 4.90 Å². The SMILES string of the molecule is C=CCOC(=O)C1(COCc2ccccc2)OCCN(C(=O)c2ccccc2)C1=O. The van der Waals surface area contributed by atoms with Crippen LogP contribution in [0.3, 0.4) is 0 Å². The summed E-state index contributed by atoms with van der Waals surface area (Å²) in [6, 6.07) is 17.7. The standard InChI is InChI=1S/C23H23NO6/c1-2-14-29-22(27)23(17-28-16-18-9-5-3-6-10-18)21(26)24(13-15-30-23)20(25)19-11-7-4-8-12-19/h2-12H,1,13-17H2. The maximum absolute atomic E-state index is 13.3. The zero-order valence-corrected chi connectivity index (χ0v) is 16.5. The van der Waals surface area contributed by atoms with Crippen LogP contribution in [0, 0.1) is 0 Å². The molecule has 2 amide bonds. The molecule has 0 aliphatic carbocycles. The number of esters is 1. The average Bonchev–Trinajstić information content (AvgIpc) is 2.79. The average molecular weight is 409 g/mol. The monoisotopic (exact) mass is 409 g/mol. The molecule has 2 aromatic carbocycles. The van der Waals surface area contributed by atoms with Crippen LogP contribution in [0.15, 0.2) is 73.3 Å². The van der Waals surface area contributed by atoms with Gasteiger partial charge in [-0.2, -0.15) is 0 Å². The maximum Gasteiger partial charge on any atom is 0.351 e. The van der Waals surface area contributed by atoms with E-state index in [2.05, 4.69) is 6.58 Å². The van der Waals surface area contributed by atoms with Crippen LogP contribution in [-0.2, 0) is 30.4 Å². The van der Waals surface area contributed by atoms with Gasteiger partial charge in [0, 0.05) is 5.56 Å². The second kappa shape index (κ2) is 9.96. The zero-order chi connectivity index (χ0) is 21.4. The molecule has 1 aliphatic rings. The minimum Gasteiger partial charge on any atom is -0.459 e. The van der Waals surface area contributed by atoms with Crippen molar-refractivity contribution in [3.05, 3.63) is 84.4 Å². The normalized spacial score (nSPS) is 18.7. The van der Waals surface area contributed by atoms with E-state index >= 15 is 0 Å². The summed E-state index contributed by atoms with van der Waals surface area (Å²) in [7, 11) is 0. The number of imide groups is 1. The molecule has 2 aromatic rings. The number of ether oxygens (including phenoxy) is 3. The Kier molecular flexibility index (Phi) is 7.11. The summed E-state index contributed by atoms with van der Waals surface area (Å²) in [5, 5.41) is 0. The van der Waals surface area contributed by atoms with E-state index in [0.717, 1.165) is 10.5 Å². The lowest BCUT2D eigenvalue weighted by atomic mass is 10.0. The van der Waals surface area contributed by atoms with Gasteiger partial charge in [0.15, 0.2) is 0 Å². The highest BCUT2D eigenvalue weighted by Gasteiger charge is 2.55. The fourth-order valence-corrected chi connectivity index (χ4v) is 3.07. The molecule has 1 saturated heterocycles. The van der Waals surface area contributed by atoms with E-state index in [4.69, 9.17) is 14.2 Å². The Bertz CT molecular complexity index is 898. The van der Waals surface area contributed by atoms with Crippen LogP contribution in [0.5, 0.6) is 0 Å². The third-order valence-corrected chi connectivity index (χ3v) is 4.60. The lowest BCUT2D eigenvalue weighted by molar-refractivity contribution is -0.198. The van der Waals surface area contributed by atoms with Crippen molar-refractivity contribution in [2.45, 2.75) is 12.2 Å². The van der Waals surface area contributed by atoms with Crippen molar-refractivity contribution in [2.24, 2.45) is 0 Å². The van der Waals surface area contributed by atoms with Gasteiger partial charge in [-0.3, -0.25) is 14.5 Å². The quantitative estimate of drug-likeness (QED) is 0.288. The van der Waals surface area contributed by atoms with Crippen LogP contribution < -0.4 is 0 Å². The molecule has 0 aromatic heterocycles. The molecule has 0 spiro atoms. The van der Waals surface area contributed by atoms with Crippen LogP contribution in [0.25, 0.3) is 0 Å². The summed E-state index contributed by atoms with van der Waals surface area (Å²) in [6.07, 6.45) is 1.39. The molecular formula is C23H23NO6. The Balaban J connectivity index is 1.82. The first-order valence-corrected chi connectivity index (χ1v) is 9.53. The minimum absolute atomic E-state index is 0.0117. The van der Waals surface area contributed by atoms with Crippen molar-refractivity contribution in [2.75, 3.05) is 26.4 Å². The van der Waals surface area contributed by atoms with Crippen molar-refractivity contribution in [3.63, 3.8) is 0 Å². The molecule has 0 bridgehead atoms. The molecule has 1 unspecified atom stereocenters. The summed E-state index contributed by atoms with van der Waals surface area (Å²) in [5.41, 5.74) is -0.848. The summed E-state index contributed by atoms with van der Waals surface area (Å²) in [5.74, 6) is -2.22. The van der Waals surface area contributed by atoms with Crippen LogP contribution in [0.1, 0.15) is 15.9 Å². The predicted octanol–water partition coefficient (Wildman–Crippen LogP) is 2.37. The number of carbonyl (C=O) groups is 3. The number of amides is 2. The molecule has 156 valence electrons. The van der Waals surface area contributed by atoms with Gasteiger partial charge in [0.25, 0.3) is 17.4 Å². The minimum atomic E-state index is -2.06. The summed E-state index contributed by atoms with van der Waals surface area (Å²) in [4.78, 5) is 40.0. The molecule has 1 heterocycles. The van der Waals surface area contributed by atoms with Crippen LogP contribution in [-0.4, -0.2) is 54.7 Å². The van der Waals surface area contributed by atoms with E-state index in [1.165, 1.54) is 6.08 Å². The highest BCUT2D eigenvalue weighted by molar-refractivity contribution is 6.15. The molecule has 1 fully saturated rings. The van der Waals surface area contributed by atoms with E-state index in [9.17, 15) is 14.4 Å². The fraction of sp³-hybridized carbons (Fsp3) is 0.261. The summed E-state index contributed by atoms with van der Waals surface area (Å²) >= 11 is 0. The van der Waals surface area contributed by atoms with E-state index in [1.54, 1.807) is 30.3 Å². The molecule has 0 N–H and O–H groups in total. The van der Waals surface area contributed by atoms with Crippen molar-refractivity contribution < 1.29 is 28.6 Å². The maximum atomic E-state index is 13.3. The van der Waals surface area contributed by atoms with E-state index in [0.29, 0.717) is 5.56 Å². The number of nitrogens with zero attached hydrogens (tertiary/aromatic N) is 1. The van der Waals surface area contributed by atoms with Gasteiger partial charge in [-0.1, -0.05) is 61.2 Å². The highest BCUT2D eigenvalue weighted by Crippen LogP contribution is 2.25. The van der Waals surface area contributed by atoms with Gasteiger partial charge in [0.05, 0.1) is 26.4 Å². The number of benzene rings is 2. The molecule has 30 heavy (non-hydrogen) atoms. The highest BCUT2D eigenvalue weighted by atomic mass is 16.6. The lowest BCUT2D eigenvalue weighted by Crippen LogP contribution is -2.64. The van der Waals surface area contributed by atoms with Crippen LogP contribution in [0.2, 0.25) is 0 Å². The Morgan fingerprint density at radius 2 is 1.77 bits per heavy atom. The number of rotatable bonds is 8. The van der Waals surface area contributed by atoms with E-state index < -0.39 is 23.4 Å². The second-order valence-electron chi connectivity index (χ2n) is 6.67. The third kappa shape index (κ3) is 4.64.